The lowest BCUT2D eigenvalue weighted by Gasteiger charge is -2.18. The van der Waals surface area contributed by atoms with E-state index < -0.39 is 0 Å². The summed E-state index contributed by atoms with van der Waals surface area (Å²) in [4.78, 5) is 11.9. The van der Waals surface area contributed by atoms with E-state index in [2.05, 4.69) is 21.2 Å². The van der Waals surface area contributed by atoms with Gasteiger partial charge in [-0.15, -0.1) is 11.6 Å². The summed E-state index contributed by atoms with van der Waals surface area (Å²) in [7, 11) is 0. The van der Waals surface area contributed by atoms with Gasteiger partial charge in [0.25, 0.3) is 5.91 Å². The van der Waals surface area contributed by atoms with Gasteiger partial charge in [0.1, 0.15) is 0 Å². The number of alkyl halides is 1. The lowest BCUT2D eigenvalue weighted by Crippen LogP contribution is -2.37. The molecule has 0 saturated heterocycles. The summed E-state index contributed by atoms with van der Waals surface area (Å²) in [5.41, 5.74) is 0.542. The zero-order chi connectivity index (χ0) is 11.5. The third-order valence-corrected chi connectivity index (χ3v) is 4.05. The first-order valence-corrected chi connectivity index (χ1v) is 6.65. The quantitative estimate of drug-likeness (QED) is 0.872. The second-order valence-corrected chi connectivity index (χ2v) is 5.06. The molecule has 5 heteroatoms. The van der Waals surface area contributed by atoms with Gasteiger partial charge in [-0.1, -0.05) is 6.42 Å². The molecular weight excluding hydrogens is 293 g/mol. The Morgan fingerprint density at radius 3 is 3.06 bits per heavy atom. The van der Waals surface area contributed by atoms with E-state index >= 15 is 0 Å². The number of halogens is 2. The normalized spacial score (nSPS) is 24.6. The van der Waals surface area contributed by atoms with Crippen LogP contribution in [0.2, 0.25) is 0 Å². The van der Waals surface area contributed by atoms with Crippen LogP contribution in [0.1, 0.15) is 29.6 Å². The number of nitrogens with one attached hydrogen (secondary N) is 1. The lowest BCUT2D eigenvalue weighted by atomic mass is 10.1. The Kier molecular flexibility index (Phi) is 3.92. The van der Waals surface area contributed by atoms with Crippen LogP contribution < -0.4 is 5.32 Å². The van der Waals surface area contributed by atoms with Gasteiger partial charge in [-0.25, -0.2) is 0 Å². The maximum Gasteiger partial charge on any atom is 0.255 e. The van der Waals surface area contributed by atoms with E-state index in [1.54, 1.807) is 6.07 Å². The van der Waals surface area contributed by atoms with Crippen LogP contribution in [-0.4, -0.2) is 17.8 Å². The summed E-state index contributed by atoms with van der Waals surface area (Å²) in [6.45, 7) is 0. The summed E-state index contributed by atoms with van der Waals surface area (Å²) >= 11 is 9.06. The van der Waals surface area contributed by atoms with E-state index in [1.807, 2.05) is 0 Å². The van der Waals surface area contributed by atoms with Gasteiger partial charge >= 0.3 is 0 Å². The maximum atomic E-state index is 11.9. The Morgan fingerprint density at radius 1 is 1.62 bits per heavy atom. The largest absolute Gasteiger partial charge is 0.457 e. The van der Waals surface area contributed by atoms with Crippen molar-refractivity contribution in [3.05, 3.63) is 22.6 Å². The molecule has 1 amide bonds. The Labute approximate surface area is 108 Å². The maximum absolute atomic E-state index is 11.9. The molecule has 0 radical (unpaired) electrons. The van der Waals surface area contributed by atoms with Crippen molar-refractivity contribution in [2.45, 2.75) is 25.3 Å². The van der Waals surface area contributed by atoms with E-state index in [0.29, 0.717) is 22.0 Å². The van der Waals surface area contributed by atoms with E-state index in [4.69, 9.17) is 16.0 Å². The predicted molar refractivity (Wildman–Crippen MR) is 65.7 cm³/mol. The number of carbonyl (C=O) groups excluding carboxylic acids is 1. The molecule has 1 aromatic rings. The first-order valence-electron chi connectivity index (χ1n) is 5.32. The van der Waals surface area contributed by atoms with Gasteiger partial charge in [-0.2, -0.15) is 0 Å². The average molecular weight is 307 g/mol. The molecule has 2 rings (SSSR count). The molecule has 1 aromatic heterocycles. The highest BCUT2D eigenvalue weighted by Gasteiger charge is 2.28. The van der Waals surface area contributed by atoms with Crippen molar-refractivity contribution in [3.8, 4) is 0 Å². The first kappa shape index (κ1) is 12.0. The molecule has 0 aliphatic heterocycles. The van der Waals surface area contributed by atoms with E-state index in [0.717, 1.165) is 19.3 Å². The van der Waals surface area contributed by atoms with E-state index in [9.17, 15) is 4.79 Å². The molecule has 1 heterocycles. The highest BCUT2D eigenvalue weighted by Crippen LogP contribution is 2.27. The zero-order valence-corrected chi connectivity index (χ0v) is 11.1. The number of hydrogen-bond acceptors (Lipinski definition) is 2. The summed E-state index contributed by atoms with van der Waals surface area (Å²) in [6.07, 6.45) is 4.74. The van der Waals surface area contributed by atoms with Gasteiger partial charge < -0.3 is 9.73 Å². The van der Waals surface area contributed by atoms with Crippen molar-refractivity contribution in [3.63, 3.8) is 0 Å². The van der Waals surface area contributed by atoms with Crippen LogP contribution in [0.4, 0.5) is 0 Å². The molecule has 1 saturated carbocycles. The highest BCUT2D eigenvalue weighted by molar-refractivity contribution is 9.10. The zero-order valence-electron chi connectivity index (χ0n) is 8.71. The van der Waals surface area contributed by atoms with Crippen LogP contribution in [-0.2, 0) is 0 Å². The van der Waals surface area contributed by atoms with Gasteiger partial charge in [-0.05, 0) is 40.8 Å². The summed E-state index contributed by atoms with van der Waals surface area (Å²) in [5, 5.41) is 3.01. The number of hydrogen-bond donors (Lipinski definition) is 1. The minimum atomic E-state index is -0.0948. The van der Waals surface area contributed by atoms with Crippen LogP contribution in [0.3, 0.4) is 0 Å². The molecular formula is C11H13BrClNO2. The first-order chi connectivity index (χ1) is 7.72. The molecule has 1 aliphatic carbocycles. The fourth-order valence-electron chi connectivity index (χ4n) is 2.11. The number of amides is 1. The lowest BCUT2D eigenvalue weighted by molar-refractivity contribution is 0.0928. The molecule has 0 aromatic carbocycles. The third-order valence-electron chi connectivity index (χ3n) is 3.04. The van der Waals surface area contributed by atoms with Crippen molar-refractivity contribution >= 4 is 33.4 Å². The van der Waals surface area contributed by atoms with Crippen LogP contribution in [0, 0.1) is 5.92 Å². The predicted octanol–water partition coefficient (Wildman–Crippen LogP) is 3.18. The van der Waals surface area contributed by atoms with Crippen molar-refractivity contribution in [2.24, 2.45) is 5.92 Å². The molecule has 1 N–H and O–H groups in total. The molecule has 16 heavy (non-hydrogen) atoms. The molecule has 3 nitrogen and oxygen atoms in total. The Morgan fingerprint density at radius 2 is 2.44 bits per heavy atom. The van der Waals surface area contributed by atoms with Gasteiger partial charge in [0.15, 0.2) is 4.67 Å². The van der Waals surface area contributed by atoms with E-state index in [1.165, 1.54) is 6.26 Å². The summed E-state index contributed by atoms with van der Waals surface area (Å²) in [5.74, 6) is 0.913. The number of carbonyl (C=O) groups is 1. The number of furan rings is 1. The van der Waals surface area contributed by atoms with Gasteiger partial charge in [0, 0.05) is 11.9 Å². The Bertz CT molecular complexity index is 380. The smallest absolute Gasteiger partial charge is 0.255 e. The van der Waals surface area contributed by atoms with Gasteiger partial charge in [0.2, 0.25) is 0 Å². The molecule has 1 fully saturated rings. The van der Waals surface area contributed by atoms with Crippen molar-refractivity contribution in [2.75, 3.05) is 5.88 Å². The van der Waals surface area contributed by atoms with Crippen LogP contribution in [0.25, 0.3) is 0 Å². The molecule has 0 bridgehead atoms. The fourth-order valence-corrected chi connectivity index (χ4v) is 2.90. The Balaban J connectivity index is 2.00. The summed E-state index contributed by atoms with van der Waals surface area (Å²) < 4.78 is 5.51. The minimum absolute atomic E-state index is 0.0948. The third kappa shape index (κ3) is 2.43. The molecule has 0 spiro atoms. The molecule has 2 atom stereocenters. The second kappa shape index (κ2) is 5.23. The average Bonchev–Trinajstić information content (AvgIpc) is 2.86. The summed E-state index contributed by atoms with van der Waals surface area (Å²) in [6, 6.07) is 1.86. The highest BCUT2D eigenvalue weighted by atomic mass is 79.9. The Hall–Kier alpha value is -0.480. The molecule has 88 valence electrons. The molecule has 1 aliphatic rings. The van der Waals surface area contributed by atoms with Crippen LogP contribution in [0.5, 0.6) is 0 Å². The van der Waals surface area contributed by atoms with E-state index in [-0.39, 0.29) is 11.9 Å². The number of rotatable bonds is 3. The van der Waals surface area contributed by atoms with Gasteiger partial charge in [0.05, 0.1) is 11.8 Å². The minimum Gasteiger partial charge on any atom is -0.457 e. The van der Waals surface area contributed by atoms with Crippen LogP contribution >= 0.6 is 27.5 Å². The van der Waals surface area contributed by atoms with Crippen molar-refractivity contribution in [1.82, 2.24) is 5.32 Å². The van der Waals surface area contributed by atoms with Gasteiger partial charge in [-0.3, -0.25) is 4.79 Å². The fraction of sp³-hybridized carbons (Fsp3) is 0.545. The standard InChI is InChI=1S/C11H13BrClNO2/c12-10-8(4-5-16-10)11(15)14-9-3-1-2-7(9)6-13/h4-5,7,9H,1-3,6H2,(H,14,15). The van der Waals surface area contributed by atoms with Crippen molar-refractivity contribution < 1.29 is 9.21 Å². The SMILES string of the molecule is O=C(NC1CCCC1CCl)c1ccoc1Br. The molecule has 2 unspecified atom stereocenters. The monoisotopic (exact) mass is 305 g/mol. The van der Waals surface area contributed by atoms with Crippen molar-refractivity contribution in [1.29, 1.82) is 0 Å². The van der Waals surface area contributed by atoms with Crippen LogP contribution in [0.15, 0.2) is 21.4 Å². The topological polar surface area (TPSA) is 42.2 Å². The second-order valence-electron chi connectivity index (χ2n) is 4.03.